The zero-order chi connectivity index (χ0) is 17.7. The van der Waals surface area contributed by atoms with Crippen LogP contribution in [0.4, 0.5) is 0 Å². The van der Waals surface area contributed by atoms with Gasteiger partial charge in [0, 0.05) is 31.7 Å². The molecule has 0 amide bonds. The molecule has 3 rings (SSSR count). The van der Waals surface area contributed by atoms with Gasteiger partial charge in [-0.05, 0) is 31.0 Å². The second-order valence-corrected chi connectivity index (χ2v) is 8.89. The van der Waals surface area contributed by atoms with Crippen molar-refractivity contribution in [3.05, 3.63) is 66.2 Å². The van der Waals surface area contributed by atoms with Crippen LogP contribution in [0.25, 0.3) is 0 Å². The number of likely N-dealkylation sites (tertiary alicyclic amines) is 1. The Morgan fingerprint density at radius 1 is 1.04 bits per heavy atom. The van der Waals surface area contributed by atoms with Gasteiger partial charge < -0.3 is 5.32 Å². The number of nitrogens with zero attached hydrogens (tertiary/aromatic N) is 1. The van der Waals surface area contributed by atoms with Gasteiger partial charge >= 0.3 is 0 Å². The van der Waals surface area contributed by atoms with E-state index in [1.807, 2.05) is 12.1 Å². The van der Waals surface area contributed by atoms with Gasteiger partial charge in [-0.15, -0.1) is 0 Å². The van der Waals surface area contributed by atoms with Crippen molar-refractivity contribution in [2.75, 3.05) is 18.8 Å². The molecule has 1 aliphatic heterocycles. The van der Waals surface area contributed by atoms with Crippen LogP contribution in [0.2, 0.25) is 0 Å². The molecule has 0 radical (unpaired) electrons. The molecule has 25 heavy (non-hydrogen) atoms. The average molecular weight is 359 g/mol. The van der Waals surface area contributed by atoms with Gasteiger partial charge in [-0.3, -0.25) is 4.90 Å². The first-order valence-electron chi connectivity index (χ1n) is 8.84. The third-order valence-electron chi connectivity index (χ3n) is 4.84. The number of rotatable bonds is 7. The normalized spacial score (nSPS) is 21.5. The summed E-state index contributed by atoms with van der Waals surface area (Å²) in [5.41, 5.74) is 1.32. The highest BCUT2D eigenvalue weighted by molar-refractivity contribution is 7.91. The molecule has 2 unspecified atom stereocenters. The second kappa shape index (κ2) is 8.13. The van der Waals surface area contributed by atoms with Gasteiger partial charge in [-0.1, -0.05) is 48.5 Å². The van der Waals surface area contributed by atoms with Crippen molar-refractivity contribution in [3.8, 4) is 0 Å². The van der Waals surface area contributed by atoms with E-state index in [1.54, 1.807) is 24.3 Å². The molecule has 1 heterocycles. The first-order chi connectivity index (χ1) is 12.0. The Morgan fingerprint density at radius 3 is 2.36 bits per heavy atom. The lowest BCUT2D eigenvalue weighted by Gasteiger charge is -2.21. The molecule has 0 spiro atoms. The fourth-order valence-electron chi connectivity index (χ4n) is 3.43. The highest BCUT2D eigenvalue weighted by Gasteiger charge is 2.28. The predicted octanol–water partition coefficient (Wildman–Crippen LogP) is 2.71. The molecule has 1 saturated heterocycles. The van der Waals surface area contributed by atoms with Crippen molar-refractivity contribution in [2.24, 2.45) is 0 Å². The van der Waals surface area contributed by atoms with Gasteiger partial charge in [-0.2, -0.15) is 0 Å². The molecule has 2 aromatic carbocycles. The summed E-state index contributed by atoms with van der Waals surface area (Å²) in [5, 5.41) is 3.43. The summed E-state index contributed by atoms with van der Waals surface area (Å²) < 4.78 is 24.7. The Balaban J connectivity index is 1.48. The van der Waals surface area contributed by atoms with Crippen molar-refractivity contribution >= 4 is 9.84 Å². The van der Waals surface area contributed by atoms with E-state index in [1.165, 1.54) is 5.56 Å². The van der Waals surface area contributed by atoms with Crippen LogP contribution in [0.1, 0.15) is 18.9 Å². The van der Waals surface area contributed by atoms with Crippen molar-refractivity contribution < 1.29 is 8.42 Å². The molecule has 0 aliphatic carbocycles. The minimum atomic E-state index is -3.20. The van der Waals surface area contributed by atoms with Crippen molar-refractivity contribution in [3.63, 3.8) is 0 Å². The predicted molar refractivity (Wildman–Crippen MR) is 101 cm³/mol. The van der Waals surface area contributed by atoms with Crippen LogP contribution in [-0.2, 0) is 16.4 Å². The van der Waals surface area contributed by atoms with Crippen molar-refractivity contribution in [2.45, 2.75) is 36.9 Å². The van der Waals surface area contributed by atoms with E-state index >= 15 is 0 Å². The van der Waals surface area contributed by atoms with Crippen LogP contribution in [0.3, 0.4) is 0 Å². The number of hydrogen-bond acceptors (Lipinski definition) is 4. The van der Waals surface area contributed by atoms with Gasteiger partial charge in [0.15, 0.2) is 9.84 Å². The first-order valence-corrected chi connectivity index (χ1v) is 10.5. The van der Waals surface area contributed by atoms with E-state index in [4.69, 9.17) is 0 Å². The highest BCUT2D eigenvalue weighted by atomic mass is 32.2. The van der Waals surface area contributed by atoms with Crippen LogP contribution >= 0.6 is 0 Å². The molecule has 4 nitrogen and oxygen atoms in total. The zero-order valence-electron chi connectivity index (χ0n) is 14.6. The van der Waals surface area contributed by atoms with Crippen LogP contribution in [0, 0.1) is 0 Å². The average Bonchev–Trinajstić information content (AvgIpc) is 2.96. The topological polar surface area (TPSA) is 49.4 Å². The van der Waals surface area contributed by atoms with Crippen molar-refractivity contribution in [1.29, 1.82) is 0 Å². The molecule has 0 saturated carbocycles. The molecule has 1 N–H and O–H groups in total. The molecule has 2 atom stereocenters. The van der Waals surface area contributed by atoms with Crippen LogP contribution < -0.4 is 5.32 Å². The summed E-state index contributed by atoms with van der Waals surface area (Å²) in [5.74, 6) is 0.139. The third kappa shape index (κ3) is 4.91. The molecule has 2 aromatic rings. The molecule has 0 bridgehead atoms. The fraction of sp³-hybridized carbons (Fsp3) is 0.400. The van der Waals surface area contributed by atoms with E-state index in [2.05, 4.69) is 41.4 Å². The van der Waals surface area contributed by atoms with E-state index < -0.39 is 9.84 Å². The first kappa shape index (κ1) is 18.1. The van der Waals surface area contributed by atoms with Crippen LogP contribution in [0.15, 0.2) is 65.6 Å². The number of hydrogen-bond donors (Lipinski definition) is 1. The molecule has 5 heteroatoms. The lowest BCUT2D eigenvalue weighted by atomic mass is 10.2. The smallest absolute Gasteiger partial charge is 0.179 e. The van der Waals surface area contributed by atoms with Gasteiger partial charge in [0.25, 0.3) is 0 Å². The number of sulfone groups is 1. The summed E-state index contributed by atoms with van der Waals surface area (Å²) in [4.78, 5) is 2.86. The summed E-state index contributed by atoms with van der Waals surface area (Å²) >= 11 is 0. The van der Waals surface area contributed by atoms with Gasteiger partial charge in [0.05, 0.1) is 10.6 Å². The Morgan fingerprint density at radius 2 is 1.68 bits per heavy atom. The molecular formula is C20H26N2O2S. The van der Waals surface area contributed by atoms with E-state index in [0.29, 0.717) is 23.5 Å². The van der Waals surface area contributed by atoms with Crippen LogP contribution in [-0.4, -0.2) is 44.2 Å². The number of benzene rings is 2. The monoisotopic (exact) mass is 358 g/mol. The molecule has 0 aromatic heterocycles. The Hall–Kier alpha value is -1.69. The lowest BCUT2D eigenvalue weighted by molar-refractivity contribution is 0.257. The second-order valence-electron chi connectivity index (χ2n) is 6.78. The van der Waals surface area contributed by atoms with Gasteiger partial charge in [0.2, 0.25) is 0 Å². The SMILES string of the molecule is CC1CC(NCCS(=O)(=O)c2ccccc2)CN1Cc1ccccc1. The molecular weight excluding hydrogens is 332 g/mol. The van der Waals surface area contributed by atoms with E-state index in [0.717, 1.165) is 19.5 Å². The van der Waals surface area contributed by atoms with E-state index in [-0.39, 0.29) is 5.75 Å². The van der Waals surface area contributed by atoms with Crippen molar-refractivity contribution in [1.82, 2.24) is 10.2 Å². The quantitative estimate of drug-likeness (QED) is 0.827. The molecule has 134 valence electrons. The fourth-order valence-corrected chi connectivity index (χ4v) is 4.62. The van der Waals surface area contributed by atoms with E-state index in [9.17, 15) is 8.42 Å². The summed E-state index contributed by atoms with van der Waals surface area (Å²) in [6, 6.07) is 20.0. The maximum Gasteiger partial charge on any atom is 0.179 e. The maximum absolute atomic E-state index is 12.3. The minimum absolute atomic E-state index is 0.139. The molecule has 1 aliphatic rings. The lowest BCUT2D eigenvalue weighted by Crippen LogP contribution is -2.35. The summed E-state index contributed by atoms with van der Waals surface area (Å²) in [7, 11) is -3.20. The Bertz CT molecular complexity index is 763. The van der Waals surface area contributed by atoms with Gasteiger partial charge in [0.1, 0.15) is 0 Å². The highest BCUT2D eigenvalue weighted by Crippen LogP contribution is 2.20. The standard InChI is InChI=1S/C20H26N2O2S/c1-17-14-19(16-22(17)15-18-8-4-2-5-9-18)21-12-13-25(23,24)20-10-6-3-7-11-20/h2-11,17,19,21H,12-16H2,1H3. The summed E-state index contributed by atoms with van der Waals surface area (Å²) in [6.07, 6.45) is 1.05. The maximum atomic E-state index is 12.3. The number of nitrogens with one attached hydrogen (secondary N) is 1. The van der Waals surface area contributed by atoms with Gasteiger partial charge in [-0.25, -0.2) is 8.42 Å². The summed E-state index contributed by atoms with van der Waals surface area (Å²) in [6.45, 7) is 4.64. The zero-order valence-corrected chi connectivity index (χ0v) is 15.5. The largest absolute Gasteiger partial charge is 0.312 e. The Labute approximate surface area is 150 Å². The van der Waals surface area contributed by atoms with Crippen LogP contribution in [0.5, 0.6) is 0 Å². The molecule has 1 fully saturated rings. The minimum Gasteiger partial charge on any atom is -0.312 e. The Kier molecular flexibility index (Phi) is 5.89. The third-order valence-corrected chi connectivity index (χ3v) is 6.57.